The number of hydrogen-bond acceptors (Lipinski definition) is 1. The van der Waals surface area contributed by atoms with Crippen LogP contribution in [-0.2, 0) is 0 Å². The van der Waals surface area contributed by atoms with Gasteiger partial charge < -0.3 is 5.11 Å². The molecule has 1 aliphatic carbocycles. The lowest BCUT2D eigenvalue weighted by Crippen LogP contribution is -2.28. The second kappa shape index (κ2) is 2.30. The summed E-state index contributed by atoms with van der Waals surface area (Å²) in [6.07, 6.45) is 4.15. The van der Waals surface area contributed by atoms with E-state index in [4.69, 9.17) is 0 Å². The zero-order valence-electron chi connectivity index (χ0n) is 6.28. The Bertz CT molecular complexity index is 86.7. The lowest BCUT2D eigenvalue weighted by atomic mass is 9.81. The molecule has 1 N–H and O–H groups in total. The van der Waals surface area contributed by atoms with Crippen molar-refractivity contribution in [2.75, 3.05) is 0 Å². The Morgan fingerprint density at radius 1 is 1.33 bits per heavy atom. The molecule has 0 heterocycles. The van der Waals surface area contributed by atoms with Gasteiger partial charge in [0.2, 0.25) is 0 Å². The molecule has 1 heteroatoms. The first-order valence-electron chi connectivity index (χ1n) is 3.64. The third kappa shape index (κ3) is 1.98. The van der Waals surface area contributed by atoms with E-state index in [1.807, 2.05) is 6.92 Å². The summed E-state index contributed by atoms with van der Waals surface area (Å²) in [7, 11) is 0. The molecule has 9 heavy (non-hydrogen) atoms. The van der Waals surface area contributed by atoms with Crippen LogP contribution in [0.4, 0.5) is 0 Å². The Morgan fingerprint density at radius 3 is 2.11 bits per heavy atom. The van der Waals surface area contributed by atoms with Gasteiger partial charge in [-0.2, -0.15) is 0 Å². The van der Waals surface area contributed by atoms with Gasteiger partial charge in [0, 0.05) is 0 Å². The second-order valence-electron chi connectivity index (χ2n) is 3.45. The van der Waals surface area contributed by atoms with E-state index in [9.17, 15) is 5.11 Å². The number of aliphatic hydroxyl groups is 1. The van der Waals surface area contributed by atoms with E-state index in [-0.39, 0.29) is 5.60 Å². The second-order valence-corrected chi connectivity index (χ2v) is 3.45. The van der Waals surface area contributed by atoms with E-state index in [2.05, 4.69) is 6.92 Å². The highest BCUT2D eigenvalue weighted by atomic mass is 16.3. The Balaban J connectivity index is 2.35. The smallest absolute Gasteiger partial charge is 0.0620 e. The van der Waals surface area contributed by atoms with Gasteiger partial charge in [-0.15, -0.1) is 0 Å². The standard InChI is InChI=1S/C8H15O/c1-7-3-5-8(2,9)6-4-7/h9H,3-6H2,1-2H3. The van der Waals surface area contributed by atoms with Crippen molar-refractivity contribution in [1.29, 1.82) is 0 Å². The van der Waals surface area contributed by atoms with Crippen molar-refractivity contribution >= 4 is 0 Å². The zero-order chi connectivity index (χ0) is 6.91. The maximum absolute atomic E-state index is 9.48. The topological polar surface area (TPSA) is 20.2 Å². The fourth-order valence-corrected chi connectivity index (χ4v) is 1.22. The van der Waals surface area contributed by atoms with Crippen LogP contribution in [0.5, 0.6) is 0 Å². The van der Waals surface area contributed by atoms with Gasteiger partial charge in [0.1, 0.15) is 0 Å². The highest BCUT2D eigenvalue weighted by Crippen LogP contribution is 2.31. The van der Waals surface area contributed by atoms with Crippen molar-refractivity contribution in [2.24, 2.45) is 0 Å². The van der Waals surface area contributed by atoms with Crippen LogP contribution in [0.3, 0.4) is 0 Å². The molecule has 1 fully saturated rings. The third-order valence-electron chi connectivity index (χ3n) is 2.18. The van der Waals surface area contributed by atoms with Gasteiger partial charge in [0.15, 0.2) is 0 Å². The van der Waals surface area contributed by atoms with E-state index in [1.165, 1.54) is 0 Å². The van der Waals surface area contributed by atoms with Gasteiger partial charge in [0.05, 0.1) is 5.60 Å². The van der Waals surface area contributed by atoms with Crippen LogP contribution in [0.15, 0.2) is 0 Å². The minimum atomic E-state index is -0.362. The van der Waals surface area contributed by atoms with Gasteiger partial charge in [-0.05, 0) is 38.5 Å². The van der Waals surface area contributed by atoms with E-state index >= 15 is 0 Å². The average molecular weight is 127 g/mol. The zero-order valence-corrected chi connectivity index (χ0v) is 6.28. The predicted octanol–water partition coefficient (Wildman–Crippen LogP) is 1.91. The van der Waals surface area contributed by atoms with Crippen molar-refractivity contribution in [1.82, 2.24) is 0 Å². The average Bonchev–Trinajstić information content (AvgIpc) is 1.78. The van der Waals surface area contributed by atoms with Crippen LogP contribution < -0.4 is 0 Å². The molecule has 0 aliphatic heterocycles. The van der Waals surface area contributed by atoms with Gasteiger partial charge in [-0.1, -0.05) is 6.92 Å². The first kappa shape index (κ1) is 7.07. The fraction of sp³-hybridized carbons (Fsp3) is 0.875. The van der Waals surface area contributed by atoms with Crippen LogP contribution in [0.1, 0.15) is 39.5 Å². The molecule has 0 aromatic rings. The summed E-state index contributed by atoms with van der Waals surface area (Å²) in [5.74, 6) is 1.54. The molecule has 0 aromatic heterocycles. The molecule has 1 saturated carbocycles. The van der Waals surface area contributed by atoms with Crippen molar-refractivity contribution in [3.63, 3.8) is 0 Å². The summed E-state index contributed by atoms with van der Waals surface area (Å²) < 4.78 is 0. The molecule has 1 nitrogen and oxygen atoms in total. The maximum atomic E-state index is 9.48. The van der Waals surface area contributed by atoms with Crippen molar-refractivity contribution < 1.29 is 5.11 Å². The minimum absolute atomic E-state index is 0.362. The van der Waals surface area contributed by atoms with E-state index in [0.29, 0.717) is 0 Å². The third-order valence-corrected chi connectivity index (χ3v) is 2.18. The Morgan fingerprint density at radius 2 is 1.78 bits per heavy atom. The molecule has 1 radical (unpaired) electrons. The summed E-state index contributed by atoms with van der Waals surface area (Å²) in [5.41, 5.74) is -0.362. The molecule has 0 atom stereocenters. The summed E-state index contributed by atoms with van der Waals surface area (Å²) in [4.78, 5) is 0. The summed E-state index contributed by atoms with van der Waals surface area (Å²) in [6.45, 7) is 4.11. The molecular weight excluding hydrogens is 112 g/mol. The SMILES string of the molecule is C[C]1CCC(C)(O)CC1. The molecular formula is C8H15O. The van der Waals surface area contributed by atoms with Crippen LogP contribution in [0.2, 0.25) is 0 Å². The highest BCUT2D eigenvalue weighted by molar-refractivity contribution is 4.94. The molecule has 0 unspecified atom stereocenters. The largest absolute Gasteiger partial charge is 0.390 e. The molecule has 0 amide bonds. The lowest BCUT2D eigenvalue weighted by molar-refractivity contribution is 0.0276. The molecule has 1 aliphatic rings. The highest BCUT2D eigenvalue weighted by Gasteiger charge is 2.26. The van der Waals surface area contributed by atoms with Crippen LogP contribution >= 0.6 is 0 Å². The predicted molar refractivity (Wildman–Crippen MR) is 38.0 cm³/mol. The lowest BCUT2D eigenvalue weighted by Gasteiger charge is -2.30. The maximum Gasteiger partial charge on any atom is 0.0620 e. The Labute approximate surface area is 57.1 Å². The van der Waals surface area contributed by atoms with E-state index < -0.39 is 0 Å². The molecule has 0 bridgehead atoms. The van der Waals surface area contributed by atoms with Gasteiger partial charge >= 0.3 is 0 Å². The Kier molecular flexibility index (Phi) is 1.80. The van der Waals surface area contributed by atoms with Crippen LogP contribution in [0, 0.1) is 5.92 Å². The molecule has 0 aromatic carbocycles. The normalized spacial score (nSPS) is 28.3. The summed E-state index contributed by atoms with van der Waals surface area (Å²) >= 11 is 0. The fourth-order valence-electron chi connectivity index (χ4n) is 1.22. The molecule has 53 valence electrons. The molecule has 0 saturated heterocycles. The monoisotopic (exact) mass is 127 g/mol. The van der Waals surface area contributed by atoms with E-state index in [1.54, 1.807) is 5.92 Å². The Hall–Kier alpha value is -0.0400. The van der Waals surface area contributed by atoms with Crippen molar-refractivity contribution in [2.45, 2.75) is 45.1 Å². The van der Waals surface area contributed by atoms with Gasteiger partial charge in [0.25, 0.3) is 0 Å². The quantitative estimate of drug-likeness (QED) is 0.527. The summed E-state index contributed by atoms with van der Waals surface area (Å²) in [6, 6.07) is 0. The first-order chi connectivity index (χ1) is 4.10. The van der Waals surface area contributed by atoms with E-state index in [0.717, 1.165) is 25.7 Å². The van der Waals surface area contributed by atoms with Gasteiger partial charge in [-0.25, -0.2) is 0 Å². The first-order valence-corrected chi connectivity index (χ1v) is 3.64. The summed E-state index contributed by atoms with van der Waals surface area (Å²) in [5, 5.41) is 9.48. The molecule has 1 rings (SSSR count). The van der Waals surface area contributed by atoms with Crippen LogP contribution in [0.25, 0.3) is 0 Å². The van der Waals surface area contributed by atoms with Crippen molar-refractivity contribution in [3.8, 4) is 0 Å². The number of rotatable bonds is 0. The van der Waals surface area contributed by atoms with Crippen LogP contribution in [-0.4, -0.2) is 10.7 Å². The van der Waals surface area contributed by atoms with Crippen molar-refractivity contribution in [3.05, 3.63) is 5.92 Å². The number of hydrogen-bond donors (Lipinski definition) is 1. The van der Waals surface area contributed by atoms with Gasteiger partial charge in [-0.3, -0.25) is 0 Å². The minimum Gasteiger partial charge on any atom is -0.390 e. The molecule has 0 spiro atoms.